The van der Waals surface area contributed by atoms with Crippen LogP contribution in [0.25, 0.3) is 0 Å². The lowest BCUT2D eigenvalue weighted by atomic mass is 10.1. The molecule has 1 heterocycles. The van der Waals surface area contributed by atoms with E-state index in [1.165, 1.54) is 18.4 Å². The predicted molar refractivity (Wildman–Crippen MR) is 108 cm³/mol. The van der Waals surface area contributed by atoms with Gasteiger partial charge in [0.15, 0.2) is 16.6 Å². The lowest BCUT2D eigenvalue weighted by Gasteiger charge is -2.18. The number of thiocarbonyl (C=S) groups is 1. The number of methoxy groups -OCH3 is 3. The number of benzene rings is 1. The first-order valence-corrected chi connectivity index (χ1v) is 9.10. The quantitative estimate of drug-likeness (QED) is 0.569. The standard InChI is InChI=1S/C18H22N2O4S2/c1-10-8-13(17(21)24-5)16(26-10)20-18(25)19-11(2)12-6-7-14(22-3)15(9-12)23-4/h6-9,11H,1-5H3,(H2,19,20,25). The Morgan fingerprint density at radius 3 is 2.46 bits per heavy atom. The van der Waals surface area contributed by atoms with E-state index in [9.17, 15) is 4.79 Å². The summed E-state index contributed by atoms with van der Waals surface area (Å²) in [5, 5.41) is 7.36. The van der Waals surface area contributed by atoms with E-state index in [0.717, 1.165) is 10.4 Å². The van der Waals surface area contributed by atoms with Crippen molar-refractivity contribution < 1.29 is 19.0 Å². The van der Waals surface area contributed by atoms with E-state index in [2.05, 4.69) is 10.6 Å². The van der Waals surface area contributed by atoms with Gasteiger partial charge in [-0.3, -0.25) is 0 Å². The van der Waals surface area contributed by atoms with E-state index in [0.29, 0.717) is 27.2 Å². The van der Waals surface area contributed by atoms with Gasteiger partial charge in [-0.15, -0.1) is 11.3 Å². The third-order valence-electron chi connectivity index (χ3n) is 3.74. The third-order valence-corrected chi connectivity index (χ3v) is 4.93. The molecule has 0 aliphatic carbocycles. The molecule has 0 radical (unpaired) electrons. The van der Waals surface area contributed by atoms with E-state index in [1.54, 1.807) is 20.3 Å². The molecule has 0 saturated carbocycles. The number of ether oxygens (including phenoxy) is 3. The lowest BCUT2D eigenvalue weighted by molar-refractivity contribution is 0.0602. The van der Waals surface area contributed by atoms with Gasteiger partial charge in [0.1, 0.15) is 5.00 Å². The van der Waals surface area contributed by atoms with Gasteiger partial charge in [0, 0.05) is 4.88 Å². The van der Waals surface area contributed by atoms with Crippen LogP contribution in [0.4, 0.5) is 5.00 Å². The van der Waals surface area contributed by atoms with Crippen LogP contribution in [-0.2, 0) is 4.74 Å². The maximum absolute atomic E-state index is 11.9. The molecule has 2 N–H and O–H groups in total. The van der Waals surface area contributed by atoms with Gasteiger partial charge in [-0.05, 0) is 49.8 Å². The maximum Gasteiger partial charge on any atom is 0.340 e. The molecule has 0 bridgehead atoms. The van der Waals surface area contributed by atoms with Gasteiger partial charge >= 0.3 is 5.97 Å². The Morgan fingerprint density at radius 1 is 1.15 bits per heavy atom. The minimum atomic E-state index is -0.396. The Hall–Kier alpha value is -2.32. The van der Waals surface area contributed by atoms with Crippen molar-refractivity contribution in [1.29, 1.82) is 0 Å². The fraction of sp³-hybridized carbons (Fsp3) is 0.333. The van der Waals surface area contributed by atoms with Crippen LogP contribution in [0.1, 0.15) is 33.8 Å². The van der Waals surface area contributed by atoms with Crippen LogP contribution in [0.2, 0.25) is 0 Å². The largest absolute Gasteiger partial charge is 0.493 e. The third kappa shape index (κ3) is 4.64. The van der Waals surface area contributed by atoms with Crippen LogP contribution in [0, 0.1) is 6.92 Å². The number of carbonyl (C=O) groups excluding carboxylic acids is 1. The number of rotatable bonds is 6. The van der Waals surface area contributed by atoms with Crippen molar-refractivity contribution in [3.8, 4) is 11.5 Å². The summed E-state index contributed by atoms with van der Waals surface area (Å²) in [5.74, 6) is 0.924. The topological polar surface area (TPSA) is 68.8 Å². The molecule has 0 fully saturated rings. The summed E-state index contributed by atoms with van der Waals surface area (Å²) in [5.41, 5.74) is 1.46. The number of carbonyl (C=O) groups is 1. The molecular formula is C18H22N2O4S2. The smallest absolute Gasteiger partial charge is 0.340 e. The number of thiophene rings is 1. The number of nitrogens with one attached hydrogen (secondary N) is 2. The molecule has 8 heteroatoms. The lowest BCUT2D eigenvalue weighted by Crippen LogP contribution is -2.31. The SMILES string of the molecule is COC(=O)c1cc(C)sc1NC(=S)NC(C)c1ccc(OC)c(OC)c1. The zero-order chi connectivity index (χ0) is 19.3. The van der Waals surface area contributed by atoms with Crippen LogP contribution in [0.5, 0.6) is 11.5 Å². The summed E-state index contributed by atoms with van der Waals surface area (Å²) in [7, 11) is 4.55. The van der Waals surface area contributed by atoms with Crippen LogP contribution in [-0.4, -0.2) is 32.4 Å². The van der Waals surface area contributed by atoms with Crippen molar-refractivity contribution in [1.82, 2.24) is 5.32 Å². The highest BCUT2D eigenvalue weighted by Gasteiger charge is 2.17. The Morgan fingerprint density at radius 2 is 1.85 bits per heavy atom. The van der Waals surface area contributed by atoms with Gasteiger partial charge in [0.25, 0.3) is 0 Å². The van der Waals surface area contributed by atoms with E-state index >= 15 is 0 Å². The monoisotopic (exact) mass is 394 g/mol. The Kier molecular flexibility index (Phi) is 6.82. The summed E-state index contributed by atoms with van der Waals surface area (Å²) in [6.45, 7) is 3.90. The van der Waals surface area contributed by atoms with E-state index < -0.39 is 5.97 Å². The first kappa shape index (κ1) is 20.0. The second kappa shape index (κ2) is 8.86. The van der Waals surface area contributed by atoms with Crippen molar-refractivity contribution in [2.45, 2.75) is 19.9 Å². The molecule has 0 spiro atoms. The maximum atomic E-state index is 11.9. The van der Waals surface area contributed by atoms with E-state index in [4.69, 9.17) is 26.4 Å². The molecule has 0 aliphatic heterocycles. The molecule has 2 rings (SSSR count). The second-order valence-electron chi connectivity index (χ2n) is 5.53. The number of hydrogen-bond donors (Lipinski definition) is 2. The van der Waals surface area contributed by atoms with Gasteiger partial charge in [-0.2, -0.15) is 0 Å². The van der Waals surface area contributed by atoms with Crippen LogP contribution < -0.4 is 20.1 Å². The molecule has 6 nitrogen and oxygen atoms in total. The van der Waals surface area contributed by atoms with Crippen molar-refractivity contribution in [3.05, 3.63) is 40.3 Å². The van der Waals surface area contributed by atoms with Crippen molar-refractivity contribution >= 4 is 39.6 Å². The van der Waals surface area contributed by atoms with Crippen molar-refractivity contribution in [2.75, 3.05) is 26.6 Å². The average molecular weight is 395 g/mol. The fourth-order valence-electron chi connectivity index (χ4n) is 2.41. The highest BCUT2D eigenvalue weighted by atomic mass is 32.1. The predicted octanol–water partition coefficient (Wildman–Crippen LogP) is 3.91. The number of hydrogen-bond acceptors (Lipinski definition) is 6. The van der Waals surface area contributed by atoms with Gasteiger partial charge < -0.3 is 24.8 Å². The normalized spacial score (nSPS) is 11.4. The molecule has 2 aromatic rings. The number of aryl methyl sites for hydroxylation is 1. The van der Waals surface area contributed by atoms with Crippen molar-refractivity contribution in [2.24, 2.45) is 0 Å². The average Bonchev–Trinajstić information content (AvgIpc) is 3.00. The minimum Gasteiger partial charge on any atom is -0.493 e. The van der Waals surface area contributed by atoms with Gasteiger partial charge in [0.2, 0.25) is 0 Å². The summed E-state index contributed by atoms with van der Waals surface area (Å²) < 4.78 is 15.4. The Bertz CT molecular complexity index is 804. The molecular weight excluding hydrogens is 372 g/mol. The number of esters is 1. The molecule has 0 amide bonds. The molecule has 1 atom stereocenters. The zero-order valence-corrected chi connectivity index (χ0v) is 17.0. The molecule has 1 aromatic carbocycles. The summed E-state index contributed by atoms with van der Waals surface area (Å²) in [6.07, 6.45) is 0. The minimum absolute atomic E-state index is 0.0718. The van der Waals surface area contributed by atoms with Gasteiger partial charge in [-0.25, -0.2) is 4.79 Å². The first-order chi connectivity index (χ1) is 12.4. The van der Waals surface area contributed by atoms with Crippen LogP contribution >= 0.6 is 23.6 Å². The Balaban J connectivity index is 2.09. The molecule has 1 aromatic heterocycles. The summed E-state index contributed by atoms with van der Waals surface area (Å²) >= 11 is 6.83. The molecule has 140 valence electrons. The van der Waals surface area contributed by atoms with Gasteiger partial charge in [0.05, 0.1) is 32.9 Å². The fourth-order valence-corrected chi connectivity index (χ4v) is 3.66. The highest BCUT2D eigenvalue weighted by Crippen LogP contribution is 2.30. The molecule has 1 unspecified atom stereocenters. The molecule has 0 aliphatic rings. The van der Waals surface area contributed by atoms with Crippen LogP contribution in [0.3, 0.4) is 0 Å². The zero-order valence-electron chi connectivity index (χ0n) is 15.3. The molecule has 0 saturated heterocycles. The first-order valence-electron chi connectivity index (χ1n) is 7.87. The van der Waals surface area contributed by atoms with E-state index in [1.807, 2.05) is 32.0 Å². The van der Waals surface area contributed by atoms with Crippen LogP contribution in [0.15, 0.2) is 24.3 Å². The van der Waals surface area contributed by atoms with E-state index in [-0.39, 0.29) is 6.04 Å². The Labute approximate surface area is 162 Å². The summed E-state index contributed by atoms with van der Waals surface area (Å²) in [4.78, 5) is 12.8. The summed E-state index contributed by atoms with van der Waals surface area (Å²) in [6, 6.07) is 7.39. The van der Waals surface area contributed by atoms with Crippen molar-refractivity contribution in [3.63, 3.8) is 0 Å². The highest BCUT2D eigenvalue weighted by molar-refractivity contribution is 7.80. The number of anilines is 1. The second-order valence-corrected chi connectivity index (χ2v) is 7.19. The molecule has 26 heavy (non-hydrogen) atoms. The van der Waals surface area contributed by atoms with Gasteiger partial charge in [-0.1, -0.05) is 6.07 Å².